The smallest absolute Gasteiger partial charge is 0.272 e. The molecule has 0 aromatic carbocycles. The molecule has 0 spiro atoms. The van der Waals surface area contributed by atoms with Crippen LogP contribution in [0.1, 0.15) is 28.2 Å². The lowest BCUT2D eigenvalue weighted by Gasteiger charge is -2.24. The summed E-state index contributed by atoms with van der Waals surface area (Å²) in [4.78, 5) is 19.9. The summed E-state index contributed by atoms with van der Waals surface area (Å²) in [6.45, 7) is 2.05. The second-order valence-electron chi connectivity index (χ2n) is 5.12. The molecule has 21 heavy (non-hydrogen) atoms. The molecule has 2 aromatic heterocycles. The third-order valence-electron chi connectivity index (χ3n) is 3.55. The van der Waals surface area contributed by atoms with Gasteiger partial charge in [0.15, 0.2) is 0 Å². The number of carbonyl (C=O) groups excluding carboxylic acids is 1. The Morgan fingerprint density at radius 3 is 3.00 bits per heavy atom. The molecule has 1 unspecified atom stereocenters. The highest BCUT2D eigenvalue weighted by atomic mass is 32.1. The van der Waals surface area contributed by atoms with Crippen LogP contribution < -0.4 is 0 Å². The van der Waals surface area contributed by atoms with Crippen molar-refractivity contribution in [1.82, 2.24) is 9.88 Å². The molecule has 0 saturated carbocycles. The first kappa shape index (κ1) is 14.2. The number of rotatable bonds is 5. The molecule has 5 heteroatoms. The molecule has 3 heterocycles. The quantitative estimate of drug-likeness (QED) is 0.853. The number of hydrogen-bond acceptors (Lipinski definition) is 4. The molecule has 3 rings (SSSR count). The Bertz CT molecular complexity index is 565. The monoisotopic (exact) mass is 302 g/mol. The minimum Gasteiger partial charge on any atom is -0.376 e. The van der Waals surface area contributed by atoms with Crippen LogP contribution in [0.5, 0.6) is 0 Å². The average Bonchev–Trinajstić information content (AvgIpc) is 3.20. The number of amides is 1. The number of hydrogen-bond donors (Lipinski definition) is 0. The lowest BCUT2D eigenvalue weighted by Crippen LogP contribution is -2.37. The van der Waals surface area contributed by atoms with E-state index in [0.717, 1.165) is 19.4 Å². The predicted octanol–water partition coefficient (Wildman–Crippen LogP) is 2.96. The van der Waals surface area contributed by atoms with Gasteiger partial charge >= 0.3 is 0 Å². The summed E-state index contributed by atoms with van der Waals surface area (Å²) in [6.07, 6.45) is 3.91. The number of pyridine rings is 1. The van der Waals surface area contributed by atoms with E-state index in [2.05, 4.69) is 11.1 Å². The SMILES string of the molecule is O=C(c1ccccn1)N(Cc1cccs1)CC1CCCO1. The lowest BCUT2D eigenvalue weighted by atomic mass is 10.2. The van der Waals surface area contributed by atoms with Crippen LogP contribution in [-0.4, -0.2) is 35.0 Å². The van der Waals surface area contributed by atoms with E-state index in [0.29, 0.717) is 18.8 Å². The summed E-state index contributed by atoms with van der Waals surface area (Å²) in [5.41, 5.74) is 0.493. The molecule has 1 aliphatic rings. The molecule has 0 radical (unpaired) electrons. The maximum atomic E-state index is 12.7. The third-order valence-corrected chi connectivity index (χ3v) is 4.41. The summed E-state index contributed by atoms with van der Waals surface area (Å²) in [5.74, 6) is -0.0282. The fourth-order valence-electron chi connectivity index (χ4n) is 2.50. The molecule has 1 fully saturated rings. The van der Waals surface area contributed by atoms with Crippen molar-refractivity contribution in [3.63, 3.8) is 0 Å². The molecule has 1 atom stereocenters. The van der Waals surface area contributed by atoms with Crippen LogP contribution >= 0.6 is 11.3 Å². The van der Waals surface area contributed by atoms with Gasteiger partial charge in [0, 0.05) is 24.2 Å². The molecule has 110 valence electrons. The lowest BCUT2D eigenvalue weighted by molar-refractivity contribution is 0.0505. The van der Waals surface area contributed by atoms with Gasteiger partial charge in [-0.05, 0) is 36.4 Å². The van der Waals surface area contributed by atoms with Gasteiger partial charge in [0.05, 0.1) is 12.6 Å². The Labute approximate surface area is 128 Å². The number of ether oxygens (including phenoxy) is 1. The maximum Gasteiger partial charge on any atom is 0.272 e. The van der Waals surface area contributed by atoms with Gasteiger partial charge in [-0.1, -0.05) is 12.1 Å². The van der Waals surface area contributed by atoms with Gasteiger partial charge in [-0.3, -0.25) is 9.78 Å². The summed E-state index contributed by atoms with van der Waals surface area (Å²) in [6, 6.07) is 9.49. The second-order valence-corrected chi connectivity index (χ2v) is 6.15. The molecule has 2 aromatic rings. The Hall–Kier alpha value is -1.72. The molecular formula is C16H18N2O2S. The van der Waals surface area contributed by atoms with E-state index in [-0.39, 0.29) is 12.0 Å². The number of aromatic nitrogens is 1. The van der Waals surface area contributed by atoms with E-state index < -0.39 is 0 Å². The van der Waals surface area contributed by atoms with E-state index in [9.17, 15) is 4.79 Å². The van der Waals surface area contributed by atoms with Gasteiger partial charge in [0.1, 0.15) is 5.69 Å². The molecule has 0 aliphatic carbocycles. The first-order valence-electron chi connectivity index (χ1n) is 7.17. The molecular weight excluding hydrogens is 284 g/mol. The molecule has 1 aliphatic heterocycles. The van der Waals surface area contributed by atoms with Crippen LogP contribution in [0.3, 0.4) is 0 Å². The van der Waals surface area contributed by atoms with Crippen molar-refractivity contribution in [2.24, 2.45) is 0 Å². The average molecular weight is 302 g/mol. The number of nitrogens with zero attached hydrogens (tertiary/aromatic N) is 2. The van der Waals surface area contributed by atoms with Crippen molar-refractivity contribution >= 4 is 17.2 Å². The molecule has 4 nitrogen and oxygen atoms in total. The zero-order valence-electron chi connectivity index (χ0n) is 11.8. The Morgan fingerprint density at radius 1 is 1.38 bits per heavy atom. The second kappa shape index (κ2) is 6.83. The summed E-state index contributed by atoms with van der Waals surface area (Å²) in [7, 11) is 0. The topological polar surface area (TPSA) is 42.4 Å². The molecule has 1 saturated heterocycles. The Morgan fingerprint density at radius 2 is 2.33 bits per heavy atom. The van der Waals surface area contributed by atoms with Crippen LogP contribution in [0.4, 0.5) is 0 Å². The Kier molecular flexibility index (Phi) is 4.62. The van der Waals surface area contributed by atoms with E-state index in [1.54, 1.807) is 23.6 Å². The van der Waals surface area contributed by atoms with Crippen molar-refractivity contribution in [1.29, 1.82) is 0 Å². The number of thiophene rings is 1. The van der Waals surface area contributed by atoms with Crippen molar-refractivity contribution in [3.05, 3.63) is 52.5 Å². The van der Waals surface area contributed by atoms with Crippen LogP contribution in [0.25, 0.3) is 0 Å². The highest BCUT2D eigenvalue weighted by molar-refractivity contribution is 7.09. The van der Waals surface area contributed by atoms with Crippen molar-refractivity contribution in [2.75, 3.05) is 13.2 Å². The van der Waals surface area contributed by atoms with Crippen LogP contribution in [0, 0.1) is 0 Å². The first-order chi connectivity index (χ1) is 10.3. The maximum absolute atomic E-state index is 12.7. The molecule has 1 amide bonds. The van der Waals surface area contributed by atoms with Crippen LogP contribution in [0.2, 0.25) is 0 Å². The summed E-state index contributed by atoms with van der Waals surface area (Å²) < 4.78 is 5.68. The van der Waals surface area contributed by atoms with Gasteiger partial charge in [0.25, 0.3) is 5.91 Å². The standard InChI is InChI=1S/C16H18N2O2S/c19-16(15-7-1-2-8-17-15)18(11-13-5-3-9-20-13)12-14-6-4-10-21-14/h1-2,4,6-8,10,13H,3,5,9,11-12H2. The fraction of sp³-hybridized carbons (Fsp3) is 0.375. The van der Waals surface area contributed by atoms with Crippen molar-refractivity contribution < 1.29 is 9.53 Å². The van der Waals surface area contributed by atoms with Gasteiger partial charge in [-0.25, -0.2) is 0 Å². The zero-order valence-corrected chi connectivity index (χ0v) is 12.6. The fourth-order valence-corrected chi connectivity index (χ4v) is 3.21. The van der Waals surface area contributed by atoms with E-state index in [1.165, 1.54) is 4.88 Å². The third kappa shape index (κ3) is 3.68. The summed E-state index contributed by atoms with van der Waals surface area (Å²) in [5, 5.41) is 2.03. The minimum atomic E-state index is -0.0282. The Balaban J connectivity index is 1.75. The zero-order chi connectivity index (χ0) is 14.5. The first-order valence-corrected chi connectivity index (χ1v) is 8.05. The predicted molar refractivity (Wildman–Crippen MR) is 82.3 cm³/mol. The largest absolute Gasteiger partial charge is 0.376 e. The summed E-state index contributed by atoms with van der Waals surface area (Å²) >= 11 is 1.67. The minimum absolute atomic E-state index is 0.0282. The highest BCUT2D eigenvalue weighted by Crippen LogP contribution is 2.18. The highest BCUT2D eigenvalue weighted by Gasteiger charge is 2.24. The van der Waals surface area contributed by atoms with Crippen molar-refractivity contribution in [2.45, 2.75) is 25.5 Å². The van der Waals surface area contributed by atoms with Crippen LogP contribution in [0.15, 0.2) is 41.9 Å². The van der Waals surface area contributed by atoms with E-state index in [1.807, 2.05) is 28.5 Å². The van der Waals surface area contributed by atoms with Gasteiger partial charge in [0.2, 0.25) is 0 Å². The van der Waals surface area contributed by atoms with Gasteiger partial charge < -0.3 is 9.64 Å². The van der Waals surface area contributed by atoms with Crippen LogP contribution in [-0.2, 0) is 11.3 Å². The van der Waals surface area contributed by atoms with Gasteiger partial charge in [-0.2, -0.15) is 0 Å². The molecule has 0 bridgehead atoms. The van der Waals surface area contributed by atoms with E-state index in [4.69, 9.17) is 4.74 Å². The normalized spacial score (nSPS) is 17.8. The van der Waals surface area contributed by atoms with Gasteiger partial charge in [-0.15, -0.1) is 11.3 Å². The number of carbonyl (C=O) groups is 1. The van der Waals surface area contributed by atoms with Crippen molar-refractivity contribution in [3.8, 4) is 0 Å². The molecule has 0 N–H and O–H groups in total. The van der Waals surface area contributed by atoms with E-state index >= 15 is 0 Å².